The van der Waals surface area contributed by atoms with E-state index >= 15 is 0 Å². The van der Waals surface area contributed by atoms with Crippen LogP contribution >= 0.6 is 0 Å². The van der Waals surface area contributed by atoms with E-state index in [4.69, 9.17) is 9.47 Å². The second kappa shape index (κ2) is 5.52. The number of hydrogen-bond donors (Lipinski definition) is 1. The normalized spacial score (nSPS) is 24.6. The Labute approximate surface area is 103 Å². The molecular weight excluding hydrogens is 214 g/mol. The fourth-order valence-corrected chi connectivity index (χ4v) is 2.29. The van der Waals surface area contributed by atoms with Crippen LogP contribution in [0.3, 0.4) is 0 Å². The highest BCUT2D eigenvalue weighted by molar-refractivity contribution is 5.37. The first-order valence-corrected chi connectivity index (χ1v) is 6.30. The van der Waals surface area contributed by atoms with Crippen LogP contribution in [0.25, 0.3) is 0 Å². The van der Waals surface area contributed by atoms with Crippen molar-refractivity contribution in [1.29, 1.82) is 0 Å². The molecule has 0 aliphatic carbocycles. The molecule has 1 aliphatic rings. The molecule has 1 heterocycles. The predicted octanol–water partition coefficient (Wildman–Crippen LogP) is 2.44. The van der Waals surface area contributed by atoms with E-state index in [0.29, 0.717) is 6.61 Å². The van der Waals surface area contributed by atoms with Crippen LogP contribution in [-0.4, -0.2) is 25.9 Å². The van der Waals surface area contributed by atoms with E-state index in [2.05, 4.69) is 37.4 Å². The Hall–Kier alpha value is -1.06. The summed E-state index contributed by atoms with van der Waals surface area (Å²) >= 11 is 0. The van der Waals surface area contributed by atoms with Crippen molar-refractivity contribution in [2.45, 2.75) is 32.9 Å². The summed E-state index contributed by atoms with van der Waals surface area (Å²) in [5.74, 6) is 0.973. The van der Waals surface area contributed by atoms with Crippen LogP contribution in [0.1, 0.15) is 31.0 Å². The summed E-state index contributed by atoms with van der Waals surface area (Å²) in [4.78, 5) is 0. The van der Waals surface area contributed by atoms with Gasteiger partial charge in [-0.2, -0.15) is 0 Å². The molecule has 17 heavy (non-hydrogen) atoms. The summed E-state index contributed by atoms with van der Waals surface area (Å²) in [7, 11) is 0. The molecule has 1 aliphatic heterocycles. The molecule has 0 saturated carbocycles. The molecule has 3 heteroatoms. The molecule has 0 bridgehead atoms. The predicted molar refractivity (Wildman–Crippen MR) is 68.5 cm³/mol. The van der Waals surface area contributed by atoms with Crippen molar-refractivity contribution >= 4 is 0 Å². The maximum atomic E-state index is 5.67. The molecule has 2 unspecified atom stereocenters. The van der Waals surface area contributed by atoms with E-state index in [0.717, 1.165) is 18.9 Å². The average Bonchev–Trinajstić information content (AvgIpc) is 2.33. The highest BCUT2D eigenvalue weighted by Gasteiger charge is 2.23. The topological polar surface area (TPSA) is 30.5 Å². The molecule has 1 N–H and O–H groups in total. The first-order chi connectivity index (χ1) is 8.22. The van der Waals surface area contributed by atoms with Gasteiger partial charge in [-0.15, -0.1) is 0 Å². The fourth-order valence-electron chi connectivity index (χ4n) is 2.29. The van der Waals surface area contributed by atoms with Gasteiger partial charge in [-0.25, -0.2) is 0 Å². The molecule has 1 saturated heterocycles. The van der Waals surface area contributed by atoms with E-state index in [1.165, 1.54) is 11.1 Å². The molecule has 0 radical (unpaired) electrons. The third-order valence-corrected chi connectivity index (χ3v) is 3.17. The minimum absolute atomic E-state index is 0.223. The van der Waals surface area contributed by atoms with E-state index in [-0.39, 0.29) is 12.1 Å². The first-order valence-electron chi connectivity index (χ1n) is 6.30. The lowest BCUT2D eigenvalue weighted by Gasteiger charge is -2.31. The summed E-state index contributed by atoms with van der Waals surface area (Å²) in [5.41, 5.74) is 2.46. The van der Waals surface area contributed by atoms with Crippen molar-refractivity contribution in [1.82, 2.24) is 5.32 Å². The minimum Gasteiger partial charge on any atom is -0.494 e. The van der Waals surface area contributed by atoms with Gasteiger partial charge in [0.25, 0.3) is 0 Å². The van der Waals surface area contributed by atoms with Crippen LogP contribution in [0.15, 0.2) is 18.2 Å². The number of rotatable bonds is 3. The standard InChI is InChI=1S/C14H21NO2/c1-4-16-13-6-5-12(9-10(13)2)14-11(3)17-8-7-15-14/h5-6,9,11,14-15H,4,7-8H2,1-3H3. The van der Waals surface area contributed by atoms with Crippen molar-refractivity contribution in [2.75, 3.05) is 19.8 Å². The minimum atomic E-state index is 0.223. The van der Waals surface area contributed by atoms with Gasteiger partial charge in [-0.05, 0) is 38.0 Å². The van der Waals surface area contributed by atoms with Gasteiger partial charge in [0, 0.05) is 6.54 Å². The molecular formula is C14H21NO2. The van der Waals surface area contributed by atoms with Gasteiger partial charge in [0.1, 0.15) is 5.75 Å². The Kier molecular flexibility index (Phi) is 4.02. The zero-order valence-electron chi connectivity index (χ0n) is 10.8. The van der Waals surface area contributed by atoms with Crippen LogP contribution in [0.5, 0.6) is 5.75 Å². The fraction of sp³-hybridized carbons (Fsp3) is 0.571. The van der Waals surface area contributed by atoms with Crippen molar-refractivity contribution in [3.05, 3.63) is 29.3 Å². The Bertz CT molecular complexity index is 378. The van der Waals surface area contributed by atoms with Gasteiger partial charge in [-0.1, -0.05) is 12.1 Å². The number of nitrogens with one attached hydrogen (secondary N) is 1. The number of morpholine rings is 1. The summed E-state index contributed by atoms with van der Waals surface area (Å²) < 4.78 is 11.2. The summed E-state index contributed by atoms with van der Waals surface area (Å²) in [6, 6.07) is 6.66. The molecule has 3 nitrogen and oxygen atoms in total. The average molecular weight is 235 g/mol. The molecule has 1 aromatic carbocycles. The monoisotopic (exact) mass is 235 g/mol. The number of benzene rings is 1. The molecule has 0 amide bonds. The van der Waals surface area contributed by atoms with Gasteiger partial charge < -0.3 is 14.8 Å². The Morgan fingerprint density at radius 3 is 2.94 bits per heavy atom. The lowest BCUT2D eigenvalue weighted by atomic mass is 9.99. The number of ether oxygens (including phenoxy) is 2. The maximum Gasteiger partial charge on any atom is 0.122 e. The van der Waals surface area contributed by atoms with Gasteiger partial charge in [0.15, 0.2) is 0 Å². The van der Waals surface area contributed by atoms with Crippen LogP contribution in [-0.2, 0) is 4.74 Å². The second-order valence-corrected chi connectivity index (χ2v) is 4.47. The molecule has 2 rings (SSSR count). The summed E-state index contributed by atoms with van der Waals surface area (Å²) in [6.45, 7) is 8.63. The van der Waals surface area contributed by atoms with Gasteiger partial charge >= 0.3 is 0 Å². The Morgan fingerprint density at radius 2 is 2.29 bits per heavy atom. The lowest BCUT2D eigenvalue weighted by Crippen LogP contribution is -2.40. The summed E-state index contributed by atoms with van der Waals surface area (Å²) in [6.07, 6.45) is 0.223. The molecule has 0 spiro atoms. The van der Waals surface area contributed by atoms with Crippen molar-refractivity contribution in [2.24, 2.45) is 0 Å². The smallest absolute Gasteiger partial charge is 0.122 e. The first kappa shape index (κ1) is 12.4. The van der Waals surface area contributed by atoms with Crippen molar-refractivity contribution < 1.29 is 9.47 Å². The second-order valence-electron chi connectivity index (χ2n) is 4.47. The van der Waals surface area contributed by atoms with E-state index in [9.17, 15) is 0 Å². The molecule has 2 atom stereocenters. The number of aryl methyl sites for hydroxylation is 1. The van der Waals surface area contributed by atoms with Crippen LogP contribution < -0.4 is 10.1 Å². The third-order valence-electron chi connectivity index (χ3n) is 3.17. The maximum absolute atomic E-state index is 5.67. The molecule has 94 valence electrons. The van der Waals surface area contributed by atoms with E-state index in [1.807, 2.05) is 6.92 Å². The van der Waals surface area contributed by atoms with Crippen molar-refractivity contribution in [3.63, 3.8) is 0 Å². The largest absolute Gasteiger partial charge is 0.494 e. The van der Waals surface area contributed by atoms with E-state index in [1.54, 1.807) is 0 Å². The zero-order chi connectivity index (χ0) is 12.3. The molecule has 1 aromatic rings. The van der Waals surface area contributed by atoms with Crippen LogP contribution in [0.4, 0.5) is 0 Å². The van der Waals surface area contributed by atoms with Crippen molar-refractivity contribution in [3.8, 4) is 5.75 Å². The third kappa shape index (κ3) is 2.79. The van der Waals surface area contributed by atoms with Gasteiger partial charge in [-0.3, -0.25) is 0 Å². The Morgan fingerprint density at radius 1 is 1.47 bits per heavy atom. The van der Waals surface area contributed by atoms with Crippen LogP contribution in [0, 0.1) is 6.92 Å². The summed E-state index contributed by atoms with van der Waals surface area (Å²) in [5, 5.41) is 3.50. The van der Waals surface area contributed by atoms with E-state index < -0.39 is 0 Å². The number of hydrogen-bond acceptors (Lipinski definition) is 3. The Balaban J connectivity index is 2.18. The quantitative estimate of drug-likeness (QED) is 0.873. The van der Waals surface area contributed by atoms with Crippen LogP contribution in [0.2, 0.25) is 0 Å². The SMILES string of the molecule is CCOc1ccc(C2NCCOC2C)cc1C. The highest BCUT2D eigenvalue weighted by atomic mass is 16.5. The highest BCUT2D eigenvalue weighted by Crippen LogP contribution is 2.26. The van der Waals surface area contributed by atoms with Gasteiger partial charge in [0.2, 0.25) is 0 Å². The zero-order valence-corrected chi connectivity index (χ0v) is 10.8. The lowest BCUT2D eigenvalue weighted by molar-refractivity contribution is 0.00753. The van der Waals surface area contributed by atoms with Gasteiger partial charge in [0.05, 0.1) is 25.4 Å². The molecule has 0 aromatic heterocycles. The molecule has 1 fully saturated rings.